The van der Waals surface area contributed by atoms with Crippen LogP contribution in [-0.2, 0) is 0 Å². The van der Waals surface area contributed by atoms with Crippen LogP contribution in [0.3, 0.4) is 0 Å². The van der Waals surface area contributed by atoms with E-state index in [9.17, 15) is 0 Å². The molecule has 2 heterocycles. The van der Waals surface area contributed by atoms with Gasteiger partial charge in [0.2, 0.25) is 0 Å². The van der Waals surface area contributed by atoms with E-state index in [2.05, 4.69) is 16.3 Å². The number of aromatic nitrogens is 3. The molecule has 3 nitrogen and oxygen atoms in total. The summed E-state index contributed by atoms with van der Waals surface area (Å²) in [6.45, 7) is 0. The summed E-state index contributed by atoms with van der Waals surface area (Å²) in [5.74, 6) is 0. The second-order valence-corrected chi connectivity index (χ2v) is 1.69. The zero-order valence-electron chi connectivity index (χ0n) is 4.65. The third-order valence-electron chi connectivity index (χ3n) is 1.12. The van der Waals surface area contributed by atoms with Crippen molar-refractivity contribution >= 4 is 5.65 Å². The summed E-state index contributed by atoms with van der Waals surface area (Å²) in [5, 5.41) is 3.87. The van der Waals surface area contributed by atoms with Crippen LogP contribution in [0, 0.1) is 6.20 Å². The molecule has 0 aromatic carbocycles. The molecule has 2 aromatic rings. The van der Waals surface area contributed by atoms with Gasteiger partial charge in [-0.25, -0.2) is 9.50 Å². The van der Waals surface area contributed by atoms with Crippen molar-refractivity contribution < 1.29 is 0 Å². The van der Waals surface area contributed by atoms with Gasteiger partial charge in [-0.1, -0.05) is 0 Å². The maximum absolute atomic E-state index is 4.00. The van der Waals surface area contributed by atoms with E-state index in [4.69, 9.17) is 0 Å². The molecule has 1 radical (unpaired) electrons. The number of rotatable bonds is 0. The molecule has 0 N–H and O–H groups in total. The van der Waals surface area contributed by atoms with Crippen molar-refractivity contribution in [3.05, 3.63) is 30.7 Å². The molecule has 0 saturated heterocycles. The smallest absolute Gasteiger partial charge is 0.153 e. The fourth-order valence-corrected chi connectivity index (χ4v) is 0.720. The molecule has 0 aliphatic carbocycles. The van der Waals surface area contributed by atoms with Gasteiger partial charge in [0.1, 0.15) is 6.20 Å². The summed E-state index contributed by atoms with van der Waals surface area (Å²) in [4.78, 5) is 4.00. The average Bonchev–Trinajstić information content (AvgIpc) is 2.33. The second-order valence-electron chi connectivity index (χ2n) is 1.69. The van der Waals surface area contributed by atoms with Gasteiger partial charge in [-0.3, -0.25) is 0 Å². The van der Waals surface area contributed by atoms with Crippen LogP contribution in [0.25, 0.3) is 5.65 Å². The molecule has 0 spiro atoms. The number of hydrogen-bond donors (Lipinski definition) is 0. The van der Waals surface area contributed by atoms with E-state index < -0.39 is 0 Å². The lowest BCUT2D eigenvalue weighted by atomic mass is 10.6. The van der Waals surface area contributed by atoms with Crippen molar-refractivity contribution in [2.75, 3.05) is 0 Å². The number of fused-ring (bicyclic) bond motifs is 1. The Kier molecular flexibility index (Phi) is 0.773. The van der Waals surface area contributed by atoms with Crippen LogP contribution in [0.5, 0.6) is 0 Å². The topological polar surface area (TPSA) is 30.2 Å². The standard InChI is InChI=1S/C6H4N3/c1-2-6-7-4-5-9(6)8-3-1/h1-2,4-5H. The molecule has 2 aromatic heterocycles. The van der Waals surface area contributed by atoms with Crippen LogP contribution in [0.15, 0.2) is 24.5 Å². The first-order valence-electron chi connectivity index (χ1n) is 2.63. The average molecular weight is 118 g/mol. The predicted octanol–water partition coefficient (Wildman–Crippen LogP) is 0.529. The Morgan fingerprint density at radius 1 is 1.56 bits per heavy atom. The lowest BCUT2D eigenvalue weighted by Gasteiger charge is -1.84. The Bertz CT molecular complexity index is 282. The van der Waals surface area contributed by atoms with Crippen molar-refractivity contribution in [3.8, 4) is 0 Å². The van der Waals surface area contributed by atoms with Crippen molar-refractivity contribution in [3.63, 3.8) is 0 Å². The first-order chi connectivity index (χ1) is 4.47. The number of hydrogen-bond acceptors (Lipinski definition) is 2. The van der Waals surface area contributed by atoms with E-state index in [-0.39, 0.29) is 0 Å². The molecule has 0 amide bonds. The monoisotopic (exact) mass is 118 g/mol. The van der Waals surface area contributed by atoms with E-state index in [1.807, 2.05) is 6.07 Å². The molecule has 0 atom stereocenters. The van der Waals surface area contributed by atoms with Gasteiger partial charge in [0.25, 0.3) is 0 Å². The Morgan fingerprint density at radius 2 is 2.56 bits per heavy atom. The van der Waals surface area contributed by atoms with Gasteiger partial charge in [-0.2, -0.15) is 5.10 Å². The normalized spacial score (nSPS) is 10.2. The van der Waals surface area contributed by atoms with Crippen LogP contribution in [0.4, 0.5) is 0 Å². The highest BCUT2D eigenvalue weighted by atomic mass is 15.2. The Hall–Kier alpha value is -1.38. The minimum Gasteiger partial charge on any atom is -0.236 e. The molecule has 0 fully saturated rings. The van der Waals surface area contributed by atoms with E-state index in [0.717, 1.165) is 5.65 Å². The SMILES string of the molecule is [c]1ccc2nccn2n1. The minimum atomic E-state index is 0.855. The van der Waals surface area contributed by atoms with E-state index in [1.54, 1.807) is 23.0 Å². The molecule has 2 rings (SSSR count). The van der Waals surface area contributed by atoms with Crippen molar-refractivity contribution in [2.45, 2.75) is 0 Å². The van der Waals surface area contributed by atoms with Crippen LogP contribution >= 0.6 is 0 Å². The molecule has 0 bridgehead atoms. The Labute approximate surface area is 52.0 Å². The molecule has 43 valence electrons. The molecule has 0 aliphatic heterocycles. The van der Waals surface area contributed by atoms with Gasteiger partial charge >= 0.3 is 0 Å². The second kappa shape index (κ2) is 1.55. The zero-order chi connectivity index (χ0) is 6.10. The summed E-state index contributed by atoms with van der Waals surface area (Å²) >= 11 is 0. The maximum atomic E-state index is 4.00. The summed E-state index contributed by atoms with van der Waals surface area (Å²) < 4.78 is 1.67. The highest BCUT2D eigenvalue weighted by Crippen LogP contribution is 1.92. The maximum Gasteiger partial charge on any atom is 0.153 e. The molecule has 9 heavy (non-hydrogen) atoms. The van der Waals surface area contributed by atoms with Gasteiger partial charge in [-0.05, 0) is 12.1 Å². The van der Waals surface area contributed by atoms with Gasteiger partial charge in [0.05, 0.1) is 0 Å². The first kappa shape index (κ1) is 4.49. The Balaban J connectivity index is 2.95. The lowest BCUT2D eigenvalue weighted by molar-refractivity contribution is 0.929. The van der Waals surface area contributed by atoms with Crippen LogP contribution in [0.2, 0.25) is 0 Å². The van der Waals surface area contributed by atoms with Gasteiger partial charge < -0.3 is 0 Å². The fourth-order valence-electron chi connectivity index (χ4n) is 0.720. The number of imidazole rings is 1. The highest BCUT2D eigenvalue weighted by Gasteiger charge is 1.87. The van der Waals surface area contributed by atoms with Gasteiger partial charge in [0, 0.05) is 12.4 Å². The van der Waals surface area contributed by atoms with Crippen molar-refractivity contribution in [2.24, 2.45) is 0 Å². The fraction of sp³-hybridized carbons (Fsp3) is 0. The zero-order valence-corrected chi connectivity index (χ0v) is 4.65. The highest BCUT2D eigenvalue weighted by molar-refractivity contribution is 5.34. The molecular weight excluding hydrogens is 114 g/mol. The third kappa shape index (κ3) is 0.579. The van der Waals surface area contributed by atoms with E-state index >= 15 is 0 Å². The van der Waals surface area contributed by atoms with Crippen LogP contribution in [-0.4, -0.2) is 14.6 Å². The van der Waals surface area contributed by atoms with Gasteiger partial charge in [-0.15, -0.1) is 0 Å². The summed E-state index contributed by atoms with van der Waals surface area (Å²) in [6, 6.07) is 3.59. The van der Waals surface area contributed by atoms with Gasteiger partial charge in [0.15, 0.2) is 5.65 Å². The van der Waals surface area contributed by atoms with Crippen LogP contribution in [0.1, 0.15) is 0 Å². The molecule has 0 aliphatic rings. The third-order valence-corrected chi connectivity index (χ3v) is 1.12. The number of nitrogens with zero attached hydrogens (tertiary/aromatic N) is 3. The minimum absolute atomic E-state index is 0.855. The lowest BCUT2D eigenvalue weighted by Crippen LogP contribution is -1.86. The first-order valence-corrected chi connectivity index (χ1v) is 2.63. The summed E-state index contributed by atoms with van der Waals surface area (Å²) in [7, 11) is 0. The van der Waals surface area contributed by atoms with Crippen LogP contribution < -0.4 is 0 Å². The molecular formula is C6H4N3. The summed E-state index contributed by atoms with van der Waals surface area (Å²) in [5.41, 5.74) is 0.855. The molecule has 3 heteroatoms. The van der Waals surface area contributed by atoms with Crippen molar-refractivity contribution in [1.82, 2.24) is 14.6 Å². The molecule has 0 saturated carbocycles. The quantitative estimate of drug-likeness (QED) is 0.505. The van der Waals surface area contributed by atoms with Crippen molar-refractivity contribution in [1.29, 1.82) is 0 Å². The molecule has 0 unspecified atom stereocenters. The Morgan fingerprint density at radius 3 is 3.44 bits per heavy atom. The predicted molar refractivity (Wildman–Crippen MR) is 31.8 cm³/mol. The summed E-state index contributed by atoms with van der Waals surface area (Å²) in [6.07, 6.45) is 6.18. The van der Waals surface area contributed by atoms with E-state index in [0.29, 0.717) is 0 Å². The largest absolute Gasteiger partial charge is 0.236 e. The van der Waals surface area contributed by atoms with E-state index in [1.165, 1.54) is 0 Å².